The first-order valence-electron chi connectivity index (χ1n) is 7.08. The highest BCUT2D eigenvalue weighted by molar-refractivity contribution is 7.89. The minimum atomic E-state index is -3.70. The van der Waals surface area contributed by atoms with Crippen molar-refractivity contribution in [1.82, 2.24) is 9.62 Å². The third-order valence-corrected chi connectivity index (χ3v) is 5.29. The van der Waals surface area contributed by atoms with Gasteiger partial charge in [-0.1, -0.05) is 6.92 Å². The zero-order chi connectivity index (χ0) is 16.3. The van der Waals surface area contributed by atoms with Crippen molar-refractivity contribution < 1.29 is 13.3 Å². The summed E-state index contributed by atoms with van der Waals surface area (Å²) in [6, 6.07) is 4.04. The average Bonchev–Trinajstić information content (AvgIpc) is 2.54. The molecule has 1 fully saturated rings. The van der Waals surface area contributed by atoms with Crippen LogP contribution in [-0.2, 0) is 10.0 Å². The zero-order valence-electron chi connectivity index (χ0n) is 12.7. The molecule has 1 aromatic carbocycles. The van der Waals surface area contributed by atoms with Crippen molar-refractivity contribution in [3.63, 3.8) is 0 Å². The van der Waals surface area contributed by atoms with Gasteiger partial charge in [0.25, 0.3) is 5.69 Å². The highest BCUT2D eigenvalue weighted by Crippen LogP contribution is 2.31. The predicted octanol–water partition coefficient (Wildman–Crippen LogP) is 0.645. The van der Waals surface area contributed by atoms with Gasteiger partial charge in [-0.3, -0.25) is 10.1 Å². The van der Waals surface area contributed by atoms with Gasteiger partial charge in [-0.25, -0.2) is 13.1 Å². The standard InChI is InChI=1S/C13H20N4O4S/c1-3-15-6-8-16(9-7-15)12-5-4-11(22(20,21)14-2)10-13(12)17(18)19/h4-5,10,14H,3,6-9H2,1-2H3. The number of anilines is 1. The minimum absolute atomic E-state index is 0.0994. The molecule has 122 valence electrons. The molecular formula is C13H20N4O4S. The molecule has 22 heavy (non-hydrogen) atoms. The van der Waals surface area contributed by atoms with E-state index in [1.165, 1.54) is 19.2 Å². The van der Waals surface area contributed by atoms with Gasteiger partial charge in [-0.2, -0.15) is 0 Å². The number of nitro groups is 1. The van der Waals surface area contributed by atoms with E-state index < -0.39 is 14.9 Å². The Labute approximate surface area is 129 Å². The number of rotatable bonds is 5. The van der Waals surface area contributed by atoms with E-state index >= 15 is 0 Å². The first-order chi connectivity index (χ1) is 10.4. The van der Waals surface area contributed by atoms with Crippen LogP contribution >= 0.6 is 0 Å². The summed E-state index contributed by atoms with van der Waals surface area (Å²) < 4.78 is 25.7. The average molecular weight is 328 g/mol. The van der Waals surface area contributed by atoms with Crippen LogP contribution in [0.2, 0.25) is 0 Å². The number of piperazine rings is 1. The molecule has 1 aromatic rings. The summed E-state index contributed by atoms with van der Waals surface area (Å²) in [4.78, 5) is 14.9. The van der Waals surface area contributed by atoms with Crippen molar-refractivity contribution in [2.75, 3.05) is 44.7 Å². The number of likely N-dealkylation sites (N-methyl/N-ethyl adjacent to an activating group) is 1. The maximum absolute atomic E-state index is 11.8. The van der Waals surface area contributed by atoms with Crippen molar-refractivity contribution >= 4 is 21.4 Å². The quantitative estimate of drug-likeness (QED) is 0.629. The SMILES string of the molecule is CCN1CCN(c2ccc(S(=O)(=O)NC)cc2[N+](=O)[O-])CC1. The first-order valence-corrected chi connectivity index (χ1v) is 8.56. The normalized spacial score (nSPS) is 16.7. The Morgan fingerprint density at radius 3 is 2.41 bits per heavy atom. The monoisotopic (exact) mass is 328 g/mol. The summed E-state index contributed by atoms with van der Waals surface area (Å²) in [5.41, 5.74) is 0.289. The van der Waals surface area contributed by atoms with Crippen LogP contribution in [-0.4, -0.2) is 58.0 Å². The van der Waals surface area contributed by atoms with Crippen LogP contribution in [0, 0.1) is 10.1 Å². The van der Waals surface area contributed by atoms with Gasteiger partial charge in [0.2, 0.25) is 10.0 Å². The fourth-order valence-corrected chi connectivity index (χ4v) is 3.26. The second-order valence-electron chi connectivity index (χ2n) is 5.04. The van der Waals surface area contributed by atoms with Gasteiger partial charge in [0.05, 0.1) is 9.82 Å². The molecule has 2 rings (SSSR count). The molecule has 1 aliphatic heterocycles. The van der Waals surface area contributed by atoms with Crippen LogP contribution < -0.4 is 9.62 Å². The molecule has 1 saturated heterocycles. The molecule has 1 heterocycles. The van der Waals surface area contributed by atoms with E-state index in [0.29, 0.717) is 18.8 Å². The zero-order valence-corrected chi connectivity index (χ0v) is 13.5. The van der Waals surface area contributed by atoms with E-state index in [0.717, 1.165) is 25.7 Å². The van der Waals surface area contributed by atoms with Crippen molar-refractivity contribution in [3.05, 3.63) is 28.3 Å². The van der Waals surface area contributed by atoms with Gasteiger partial charge in [-0.05, 0) is 25.7 Å². The lowest BCUT2D eigenvalue weighted by atomic mass is 10.2. The van der Waals surface area contributed by atoms with Crippen LogP contribution in [0.1, 0.15) is 6.92 Å². The number of sulfonamides is 1. The maximum Gasteiger partial charge on any atom is 0.293 e. The number of nitrogens with zero attached hydrogens (tertiary/aromatic N) is 3. The van der Waals surface area contributed by atoms with Crippen molar-refractivity contribution in [3.8, 4) is 0 Å². The number of nitrogens with one attached hydrogen (secondary N) is 1. The molecule has 1 N–H and O–H groups in total. The largest absolute Gasteiger partial charge is 0.363 e. The Morgan fingerprint density at radius 1 is 1.27 bits per heavy atom. The molecule has 0 bridgehead atoms. The molecule has 9 heteroatoms. The minimum Gasteiger partial charge on any atom is -0.363 e. The number of nitro benzene ring substituents is 1. The van der Waals surface area contributed by atoms with Crippen molar-refractivity contribution in [2.24, 2.45) is 0 Å². The van der Waals surface area contributed by atoms with Crippen LogP contribution in [0.15, 0.2) is 23.1 Å². The third-order valence-electron chi connectivity index (χ3n) is 3.88. The van der Waals surface area contributed by atoms with E-state index in [4.69, 9.17) is 0 Å². The van der Waals surface area contributed by atoms with E-state index in [1.54, 1.807) is 0 Å². The summed E-state index contributed by atoms with van der Waals surface area (Å²) in [6.45, 7) is 6.08. The molecule has 0 spiro atoms. The highest BCUT2D eigenvalue weighted by atomic mass is 32.2. The first kappa shape index (κ1) is 16.7. The van der Waals surface area contributed by atoms with Gasteiger partial charge in [0, 0.05) is 32.2 Å². The van der Waals surface area contributed by atoms with E-state index in [1.807, 2.05) is 4.90 Å². The van der Waals surface area contributed by atoms with Crippen LogP contribution in [0.3, 0.4) is 0 Å². The molecule has 1 aliphatic rings. The lowest BCUT2D eigenvalue weighted by Gasteiger charge is -2.35. The summed E-state index contributed by atoms with van der Waals surface area (Å²) in [6.07, 6.45) is 0. The Morgan fingerprint density at radius 2 is 1.91 bits per heavy atom. The molecule has 8 nitrogen and oxygen atoms in total. The highest BCUT2D eigenvalue weighted by Gasteiger charge is 2.25. The van der Waals surface area contributed by atoms with Crippen LogP contribution in [0.25, 0.3) is 0 Å². The van der Waals surface area contributed by atoms with E-state index in [2.05, 4.69) is 16.5 Å². The Hall–Kier alpha value is -1.71. The van der Waals surface area contributed by atoms with Crippen molar-refractivity contribution in [1.29, 1.82) is 0 Å². The number of hydrogen-bond acceptors (Lipinski definition) is 6. The Kier molecular flexibility index (Phi) is 4.99. The van der Waals surface area contributed by atoms with Gasteiger partial charge in [0.1, 0.15) is 5.69 Å². The molecule has 0 amide bonds. The Balaban J connectivity index is 2.35. The van der Waals surface area contributed by atoms with Crippen LogP contribution in [0.4, 0.5) is 11.4 Å². The fourth-order valence-electron chi connectivity index (χ4n) is 2.51. The molecule has 0 saturated carbocycles. The van der Waals surface area contributed by atoms with Gasteiger partial charge in [0.15, 0.2) is 0 Å². The number of benzene rings is 1. The Bertz CT molecular complexity index is 654. The van der Waals surface area contributed by atoms with Crippen LogP contribution in [0.5, 0.6) is 0 Å². The topological polar surface area (TPSA) is 95.8 Å². The van der Waals surface area contributed by atoms with Crippen molar-refractivity contribution in [2.45, 2.75) is 11.8 Å². The summed E-state index contributed by atoms with van der Waals surface area (Å²) >= 11 is 0. The van der Waals surface area contributed by atoms with Gasteiger partial charge in [-0.15, -0.1) is 0 Å². The summed E-state index contributed by atoms with van der Waals surface area (Å²) in [5.74, 6) is 0. The number of hydrogen-bond donors (Lipinski definition) is 1. The molecule has 0 atom stereocenters. The lowest BCUT2D eigenvalue weighted by Crippen LogP contribution is -2.46. The molecule has 0 radical (unpaired) electrons. The summed E-state index contributed by atoms with van der Waals surface area (Å²) in [5, 5.41) is 11.3. The second-order valence-corrected chi connectivity index (χ2v) is 6.92. The maximum atomic E-state index is 11.8. The summed E-state index contributed by atoms with van der Waals surface area (Å²) in [7, 11) is -2.42. The third kappa shape index (κ3) is 3.37. The molecule has 0 unspecified atom stereocenters. The van der Waals surface area contributed by atoms with Gasteiger partial charge >= 0.3 is 0 Å². The van der Waals surface area contributed by atoms with Gasteiger partial charge < -0.3 is 9.80 Å². The molecular weight excluding hydrogens is 308 g/mol. The molecule has 0 aromatic heterocycles. The predicted molar refractivity (Wildman–Crippen MR) is 83.7 cm³/mol. The fraction of sp³-hybridized carbons (Fsp3) is 0.538. The molecule has 0 aliphatic carbocycles. The smallest absolute Gasteiger partial charge is 0.293 e. The van der Waals surface area contributed by atoms with E-state index in [9.17, 15) is 18.5 Å². The van der Waals surface area contributed by atoms with E-state index in [-0.39, 0.29) is 10.6 Å². The lowest BCUT2D eigenvalue weighted by molar-refractivity contribution is -0.384. The second kappa shape index (κ2) is 6.59.